The lowest BCUT2D eigenvalue weighted by molar-refractivity contribution is 0.388. The minimum absolute atomic E-state index is 0.280. The number of benzene rings is 2. The molecule has 2 aromatic heterocycles. The Kier molecular flexibility index (Phi) is 5.89. The molecular weight excluding hydrogens is 476 g/mol. The number of fused-ring (bicyclic) bond motifs is 1. The first-order chi connectivity index (χ1) is 16.8. The molecule has 0 atom stereocenters. The van der Waals surface area contributed by atoms with E-state index in [4.69, 9.17) is 4.74 Å². The normalized spacial score (nSPS) is 15.0. The summed E-state index contributed by atoms with van der Waals surface area (Å²) in [5.41, 5.74) is 2.31. The molecule has 182 valence electrons. The maximum atomic E-state index is 14.6. The first kappa shape index (κ1) is 23.2. The van der Waals surface area contributed by atoms with Gasteiger partial charge in [0.1, 0.15) is 11.4 Å². The van der Waals surface area contributed by atoms with Crippen LogP contribution in [0.2, 0.25) is 0 Å². The molecule has 0 spiro atoms. The number of ether oxygens (including phenoxy) is 1. The van der Waals surface area contributed by atoms with Crippen molar-refractivity contribution in [1.29, 1.82) is 0 Å². The quantitative estimate of drug-likeness (QED) is 0.419. The van der Waals surface area contributed by atoms with E-state index in [1.165, 1.54) is 46.7 Å². The summed E-state index contributed by atoms with van der Waals surface area (Å²) in [5.74, 6) is -1.18. The van der Waals surface area contributed by atoms with Gasteiger partial charge in [0.25, 0.3) is 0 Å². The molecule has 0 unspecified atom stereocenters. The molecule has 0 amide bonds. The number of hydrogen-bond donors (Lipinski definition) is 0. The summed E-state index contributed by atoms with van der Waals surface area (Å²) < 4.78 is 60.9. The molecule has 0 aliphatic carbocycles. The van der Waals surface area contributed by atoms with Gasteiger partial charge in [-0.05, 0) is 30.3 Å². The molecule has 0 saturated carbocycles. The summed E-state index contributed by atoms with van der Waals surface area (Å²) in [7, 11) is -1.73. The highest BCUT2D eigenvalue weighted by atomic mass is 32.2. The molecule has 5 rings (SSSR count). The van der Waals surface area contributed by atoms with Crippen LogP contribution in [0, 0.1) is 11.6 Å². The number of nitrogens with zero attached hydrogens (tertiary/aromatic N) is 5. The van der Waals surface area contributed by atoms with Crippen molar-refractivity contribution in [3.8, 4) is 22.8 Å². The van der Waals surface area contributed by atoms with Crippen LogP contribution in [0.25, 0.3) is 27.8 Å². The molecule has 1 aliphatic heterocycles. The SMILES string of the molecule is COc1nccc2c1c(-c1ccc(N3CCN(S(C)(=O)=O)CC3)cc1)nn2-c1c(F)cccc1F. The Labute approximate surface area is 201 Å². The van der Waals surface area contributed by atoms with E-state index in [1.807, 2.05) is 24.3 Å². The van der Waals surface area contributed by atoms with Crippen LogP contribution in [0.4, 0.5) is 14.5 Å². The number of halogens is 2. The fraction of sp³-hybridized carbons (Fsp3) is 0.250. The van der Waals surface area contributed by atoms with Gasteiger partial charge in [0, 0.05) is 43.6 Å². The van der Waals surface area contributed by atoms with Gasteiger partial charge in [-0.2, -0.15) is 9.40 Å². The Morgan fingerprint density at radius 3 is 2.20 bits per heavy atom. The topological polar surface area (TPSA) is 80.6 Å². The molecule has 3 heterocycles. The van der Waals surface area contributed by atoms with Gasteiger partial charge in [0.15, 0.2) is 11.6 Å². The minimum Gasteiger partial charge on any atom is -0.480 e. The molecule has 4 aromatic rings. The van der Waals surface area contributed by atoms with Crippen molar-refractivity contribution >= 4 is 26.6 Å². The van der Waals surface area contributed by atoms with Crippen molar-refractivity contribution in [3.05, 3.63) is 66.4 Å². The van der Waals surface area contributed by atoms with Crippen LogP contribution in [-0.2, 0) is 10.0 Å². The molecule has 1 aliphatic rings. The van der Waals surface area contributed by atoms with Crippen LogP contribution in [0.5, 0.6) is 5.88 Å². The highest BCUT2D eigenvalue weighted by Gasteiger charge is 2.25. The number of methoxy groups -OCH3 is 1. The molecule has 35 heavy (non-hydrogen) atoms. The Hall–Kier alpha value is -3.57. The zero-order valence-electron chi connectivity index (χ0n) is 19.1. The van der Waals surface area contributed by atoms with E-state index in [1.54, 1.807) is 6.07 Å². The number of pyridine rings is 1. The van der Waals surface area contributed by atoms with Crippen molar-refractivity contribution in [2.24, 2.45) is 0 Å². The molecule has 0 N–H and O–H groups in total. The third kappa shape index (κ3) is 4.21. The lowest BCUT2D eigenvalue weighted by atomic mass is 10.1. The maximum Gasteiger partial charge on any atom is 0.224 e. The summed E-state index contributed by atoms with van der Waals surface area (Å²) in [6.45, 7) is 2.00. The summed E-state index contributed by atoms with van der Waals surface area (Å²) in [4.78, 5) is 6.37. The zero-order valence-corrected chi connectivity index (χ0v) is 20.0. The van der Waals surface area contributed by atoms with Crippen molar-refractivity contribution < 1.29 is 21.9 Å². The molecular formula is C24H23F2N5O3S. The fourth-order valence-electron chi connectivity index (χ4n) is 4.36. The summed E-state index contributed by atoms with van der Waals surface area (Å²) in [5, 5.41) is 5.10. The average molecular weight is 500 g/mol. The van der Waals surface area contributed by atoms with Gasteiger partial charge < -0.3 is 9.64 Å². The second-order valence-corrected chi connectivity index (χ2v) is 10.2. The summed E-state index contributed by atoms with van der Waals surface area (Å²) in [6, 6.07) is 12.9. The van der Waals surface area contributed by atoms with Crippen LogP contribution in [0.3, 0.4) is 0 Å². The highest BCUT2D eigenvalue weighted by molar-refractivity contribution is 7.88. The van der Waals surface area contributed by atoms with Crippen molar-refractivity contribution in [1.82, 2.24) is 19.1 Å². The summed E-state index contributed by atoms with van der Waals surface area (Å²) in [6.07, 6.45) is 2.72. The van der Waals surface area contributed by atoms with Crippen molar-refractivity contribution in [2.45, 2.75) is 0 Å². The third-order valence-corrected chi connectivity index (χ3v) is 7.42. The van der Waals surface area contributed by atoms with Crippen LogP contribution in [0.15, 0.2) is 54.7 Å². The van der Waals surface area contributed by atoms with Gasteiger partial charge in [-0.25, -0.2) is 26.9 Å². The number of para-hydroxylation sites is 1. The van der Waals surface area contributed by atoms with Crippen LogP contribution in [-0.4, -0.2) is 67.0 Å². The number of sulfonamides is 1. The number of rotatable bonds is 5. The van der Waals surface area contributed by atoms with Gasteiger partial charge >= 0.3 is 0 Å². The molecule has 8 nitrogen and oxygen atoms in total. The fourth-order valence-corrected chi connectivity index (χ4v) is 5.19. The minimum atomic E-state index is -3.20. The lowest BCUT2D eigenvalue weighted by Crippen LogP contribution is -2.48. The van der Waals surface area contributed by atoms with E-state index in [2.05, 4.69) is 15.0 Å². The first-order valence-electron chi connectivity index (χ1n) is 10.9. The zero-order chi connectivity index (χ0) is 24.7. The van der Waals surface area contributed by atoms with E-state index in [0.717, 1.165) is 11.3 Å². The van der Waals surface area contributed by atoms with Crippen LogP contribution >= 0.6 is 0 Å². The van der Waals surface area contributed by atoms with E-state index in [9.17, 15) is 17.2 Å². The highest BCUT2D eigenvalue weighted by Crippen LogP contribution is 2.36. The molecule has 1 fully saturated rings. The number of hydrogen-bond acceptors (Lipinski definition) is 6. The van der Waals surface area contributed by atoms with Gasteiger partial charge in [-0.3, -0.25) is 0 Å². The number of aromatic nitrogens is 3. The molecule has 2 aromatic carbocycles. The van der Waals surface area contributed by atoms with Gasteiger partial charge in [-0.1, -0.05) is 18.2 Å². The standard InChI is InChI=1S/C24H23F2N5O3S/c1-34-24-21-20(10-11-27-24)31(23-18(25)4-3-5-19(23)26)28-22(21)16-6-8-17(9-7-16)29-12-14-30(15-13-29)35(2,32)33/h3-11H,12-15H2,1-2H3. The van der Waals surface area contributed by atoms with Crippen LogP contribution in [0.1, 0.15) is 0 Å². The Morgan fingerprint density at radius 1 is 0.943 bits per heavy atom. The van der Waals surface area contributed by atoms with Crippen LogP contribution < -0.4 is 9.64 Å². The average Bonchev–Trinajstić information content (AvgIpc) is 3.23. The largest absolute Gasteiger partial charge is 0.480 e. The number of piperazine rings is 1. The van der Waals surface area contributed by atoms with E-state index >= 15 is 0 Å². The second-order valence-electron chi connectivity index (χ2n) is 8.24. The van der Waals surface area contributed by atoms with Gasteiger partial charge in [-0.15, -0.1) is 0 Å². The molecule has 1 saturated heterocycles. The molecule has 0 bridgehead atoms. The predicted molar refractivity (Wildman–Crippen MR) is 129 cm³/mol. The Balaban J connectivity index is 1.54. The Bertz CT molecular complexity index is 1480. The van der Waals surface area contributed by atoms with Gasteiger partial charge in [0.2, 0.25) is 15.9 Å². The molecule has 11 heteroatoms. The van der Waals surface area contributed by atoms with Gasteiger partial charge in [0.05, 0.1) is 24.3 Å². The van der Waals surface area contributed by atoms with Crippen molar-refractivity contribution in [3.63, 3.8) is 0 Å². The predicted octanol–water partition coefficient (Wildman–Crippen LogP) is 3.46. The Morgan fingerprint density at radius 2 is 1.60 bits per heavy atom. The van der Waals surface area contributed by atoms with Crippen molar-refractivity contribution in [2.75, 3.05) is 44.4 Å². The lowest BCUT2D eigenvalue weighted by Gasteiger charge is -2.34. The smallest absolute Gasteiger partial charge is 0.224 e. The number of anilines is 1. The molecule has 0 radical (unpaired) electrons. The van der Waals surface area contributed by atoms with E-state index < -0.39 is 21.7 Å². The second kappa shape index (κ2) is 8.90. The first-order valence-corrected chi connectivity index (χ1v) is 12.8. The summed E-state index contributed by atoms with van der Waals surface area (Å²) >= 11 is 0. The maximum absolute atomic E-state index is 14.6. The van der Waals surface area contributed by atoms with E-state index in [0.29, 0.717) is 48.7 Å². The third-order valence-electron chi connectivity index (χ3n) is 6.12. The monoisotopic (exact) mass is 499 g/mol. The van der Waals surface area contributed by atoms with E-state index in [-0.39, 0.29) is 5.69 Å².